The van der Waals surface area contributed by atoms with Gasteiger partial charge in [0.05, 0.1) is 4.88 Å². The van der Waals surface area contributed by atoms with Crippen molar-refractivity contribution >= 4 is 38.6 Å². The lowest BCUT2D eigenvalue weighted by Crippen LogP contribution is -1.96. The Morgan fingerprint density at radius 3 is 2.36 bits per heavy atom. The third kappa shape index (κ3) is 1.80. The summed E-state index contributed by atoms with van der Waals surface area (Å²) >= 11 is 6.61. The molecule has 0 aliphatic heterocycles. The Hall–Kier alpha value is -0.160. The van der Waals surface area contributed by atoms with E-state index in [1.54, 1.807) is 22.7 Å². The molecule has 0 aliphatic carbocycles. The number of hydrogen-bond acceptors (Lipinski definition) is 3. The minimum Gasteiger partial charge on any atom is -0.382 e. The topological polar surface area (TPSA) is 20.2 Å². The van der Waals surface area contributed by atoms with Gasteiger partial charge in [0, 0.05) is 9.35 Å². The second-order valence-corrected chi connectivity index (χ2v) is 5.75. The summed E-state index contributed by atoms with van der Waals surface area (Å²) in [6.45, 7) is 2.02. The summed E-state index contributed by atoms with van der Waals surface area (Å²) in [5, 5.41) is 14.1. The zero-order valence-corrected chi connectivity index (χ0v) is 10.7. The maximum Gasteiger partial charge on any atom is 0.124 e. The van der Waals surface area contributed by atoms with Gasteiger partial charge in [0.15, 0.2) is 0 Å². The van der Waals surface area contributed by atoms with Gasteiger partial charge in [-0.15, -0.1) is 22.7 Å². The van der Waals surface area contributed by atoms with E-state index in [2.05, 4.69) is 15.9 Å². The van der Waals surface area contributed by atoms with Crippen molar-refractivity contribution in [1.29, 1.82) is 0 Å². The van der Waals surface area contributed by atoms with Gasteiger partial charge in [-0.1, -0.05) is 0 Å². The zero-order chi connectivity index (χ0) is 10.1. The molecule has 14 heavy (non-hydrogen) atoms. The molecule has 2 aromatic rings. The second kappa shape index (κ2) is 4.14. The summed E-state index contributed by atoms with van der Waals surface area (Å²) in [5.41, 5.74) is 1.16. The van der Waals surface area contributed by atoms with Crippen molar-refractivity contribution in [3.63, 3.8) is 0 Å². The van der Waals surface area contributed by atoms with E-state index in [1.165, 1.54) is 0 Å². The number of hydrogen-bond donors (Lipinski definition) is 1. The van der Waals surface area contributed by atoms with Crippen LogP contribution in [0, 0.1) is 6.92 Å². The summed E-state index contributed by atoms with van der Waals surface area (Å²) in [7, 11) is 0. The molecule has 0 aromatic carbocycles. The fraction of sp³-hybridized carbons (Fsp3) is 0.200. The molecule has 1 N–H and O–H groups in total. The smallest absolute Gasteiger partial charge is 0.124 e. The largest absolute Gasteiger partial charge is 0.382 e. The third-order valence-electron chi connectivity index (χ3n) is 2.04. The van der Waals surface area contributed by atoms with Gasteiger partial charge in [0.1, 0.15) is 6.10 Å². The molecule has 0 bridgehead atoms. The van der Waals surface area contributed by atoms with Crippen molar-refractivity contribution in [2.45, 2.75) is 13.0 Å². The molecular formula is C10H9BrOS2. The molecule has 0 saturated carbocycles. The van der Waals surface area contributed by atoms with E-state index in [0.717, 1.165) is 19.8 Å². The third-order valence-corrected chi connectivity index (χ3v) is 5.04. The molecular weight excluding hydrogens is 280 g/mol. The Balaban J connectivity index is 2.38. The van der Waals surface area contributed by atoms with E-state index >= 15 is 0 Å². The van der Waals surface area contributed by atoms with E-state index in [1.807, 2.05) is 29.8 Å². The summed E-state index contributed by atoms with van der Waals surface area (Å²) in [5.74, 6) is 0. The van der Waals surface area contributed by atoms with Crippen molar-refractivity contribution in [3.8, 4) is 0 Å². The first-order chi connectivity index (χ1) is 6.70. The first-order valence-electron chi connectivity index (χ1n) is 4.15. The predicted molar refractivity (Wildman–Crippen MR) is 65.1 cm³/mol. The highest BCUT2D eigenvalue weighted by molar-refractivity contribution is 9.10. The van der Waals surface area contributed by atoms with Gasteiger partial charge in [-0.2, -0.15) is 0 Å². The van der Waals surface area contributed by atoms with Gasteiger partial charge < -0.3 is 5.11 Å². The standard InChI is InChI=1S/C10H9BrOS2/c1-6-2-4-13-9(6)8(12)10-7(11)3-5-14-10/h2-5,8,12H,1H3. The molecule has 1 unspecified atom stereocenters. The molecule has 0 fully saturated rings. The molecule has 2 heterocycles. The number of aliphatic hydroxyl groups excluding tert-OH is 1. The normalized spacial score (nSPS) is 13.1. The zero-order valence-electron chi connectivity index (χ0n) is 7.53. The molecule has 2 rings (SSSR count). The van der Waals surface area contributed by atoms with Crippen LogP contribution in [-0.4, -0.2) is 5.11 Å². The Labute approximate surface area is 99.2 Å². The van der Waals surface area contributed by atoms with Gasteiger partial charge in [0.2, 0.25) is 0 Å². The molecule has 0 saturated heterocycles. The van der Waals surface area contributed by atoms with Crippen LogP contribution in [0.2, 0.25) is 0 Å². The van der Waals surface area contributed by atoms with Crippen LogP contribution in [0.3, 0.4) is 0 Å². The fourth-order valence-electron chi connectivity index (χ4n) is 1.28. The molecule has 0 radical (unpaired) electrons. The van der Waals surface area contributed by atoms with Crippen LogP contribution in [-0.2, 0) is 0 Å². The minimum absolute atomic E-state index is 0.482. The van der Waals surface area contributed by atoms with E-state index in [0.29, 0.717) is 0 Å². The van der Waals surface area contributed by atoms with Gasteiger partial charge in [-0.3, -0.25) is 0 Å². The first-order valence-corrected chi connectivity index (χ1v) is 6.70. The second-order valence-electron chi connectivity index (χ2n) is 3.00. The molecule has 0 aliphatic rings. The number of rotatable bonds is 2. The SMILES string of the molecule is Cc1ccsc1C(O)c1sccc1Br. The quantitative estimate of drug-likeness (QED) is 0.887. The van der Waals surface area contributed by atoms with Crippen molar-refractivity contribution < 1.29 is 5.11 Å². The van der Waals surface area contributed by atoms with Crippen LogP contribution in [0.4, 0.5) is 0 Å². The summed E-state index contributed by atoms with van der Waals surface area (Å²) < 4.78 is 0.989. The highest BCUT2D eigenvalue weighted by Crippen LogP contribution is 2.36. The maximum atomic E-state index is 10.1. The number of aliphatic hydroxyl groups is 1. The average Bonchev–Trinajstić information content (AvgIpc) is 2.73. The average molecular weight is 289 g/mol. The van der Waals surface area contributed by atoms with E-state index in [-0.39, 0.29) is 0 Å². The van der Waals surface area contributed by atoms with E-state index in [4.69, 9.17) is 0 Å². The summed E-state index contributed by atoms with van der Waals surface area (Å²) in [4.78, 5) is 2.02. The van der Waals surface area contributed by atoms with E-state index < -0.39 is 6.10 Å². The van der Waals surface area contributed by atoms with Crippen molar-refractivity contribution in [2.75, 3.05) is 0 Å². The predicted octanol–water partition coefficient (Wildman–Crippen LogP) is 3.96. The Morgan fingerprint density at radius 1 is 1.21 bits per heavy atom. The molecule has 1 atom stereocenters. The Morgan fingerprint density at radius 2 is 1.86 bits per heavy atom. The lowest BCUT2D eigenvalue weighted by Gasteiger charge is -2.08. The highest BCUT2D eigenvalue weighted by Gasteiger charge is 2.17. The van der Waals surface area contributed by atoms with Gasteiger partial charge in [-0.25, -0.2) is 0 Å². The Bertz CT molecular complexity index is 393. The van der Waals surface area contributed by atoms with Crippen molar-refractivity contribution in [1.82, 2.24) is 0 Å². The maximum absolute atomic E-state index is 10.1. The number of thiophene rings is 2. The lowest BCUT2D eigenvalue weighted by atomic mass is 10.2. The van der Waals surface area contributed by atoms with Crippen LogP contribution in [0.15, 0.2) is 27.4 Å². The van der Waals surface area contributed by atoms with Crippen LogP contribution in [0.25, 0.3) is 0 Å². The van der Waals surface area contributed by atoms with Gasteiger partial charge in [-0.05, 0) is 51.3 Å². The van der Waals surface area contributed by atoms with Crippen LogP contribution < -0.4 is 0 Å². The monoisotopic (exact) mass is 288 g/mol. The summed E-state index contributed by atoms with van der Waals surface area (Å²) in [6, 6.07) is 4.00. The lowest BCUT2D eigenvalue weighted by molar-refractivity contribution is 0.226. The van der Waals surface area contributed by atoms with E-state index in [9.17, 15) is 5.11 Å². The van der Waals surface area contributed by atoms with Crippen LogP contribution in [0.1, 0.15) is 21.4 Å². The molecule has 0 amide bonds. The Kier molecular flexibility index (Phi) is 3.07. The molecule has 2 aromatic heterocycles. The van der Waals surface area contributed by atoms with Crippen LogP contribution >= 0.6 is 38.6 Å². The fourth-order valence-corrected chi connectivity index (χ4v) is 3.86. The van der Waals surface area contributed by atoms with Crippen LogP contribution in [0.5, 0.6) is 0 Å². The molecule has 4 heteroatoms. The van der Waals surface area contributed by atoms with Gasteiger partial charge >= 0.3 is 0 Å². The van der Waals surface area contributed by atoms with Crippen molar-refractivity contribution in [3.05, 3.63) is 42.7 Å². The first kappa shape index (κ1) is 10.4. The number of halogens is 1. The van der Waals surface area contributed by atoms with Crippen molar-refractivity contribution in [2.24, 2.45) is 0 Å². The molecule has 74 valence electrons. The van der Waals surface area contributed by atoms with Gasteiger partial charge in [0.25, 0.3) is 0 Å². The molecule has 0 spiro atoms. The summed E-state index contributed by atoms with van der Waals surface area (Å²) in [6.07, 6.45) is -0.482. The molecule has 1 nitrogen and oxygen atoms in total. The number of aryl methyl sites for hydroxylation is 1. The minimum atomic E-state index is -0.482. The highest BCUT2D eigenvalue weighted by atomic mass is 79.9.